The lowest BCUT2D eigenvalue weighted by molar-refractivity contribution is -0.929. The second-order valence-corrected chi connectivity index (χ2v) is 5.97. The van der Waals surface area contributed by atoms with Crippen molar-refractivity contribution in [2.45, 2.75) is 86.0 Å². The molecule has 21 heavy (non-hydrogen) atoms. The van der Waals surface area contributed by atoms with E-state index in [1.807, 2.05) is 0 Å². The van der Waals surface area contributed by atoms with Gasteiger partial charge in [-0.25, -0.2) is 0 Å². The second kappa shape index (κ2) is 19.9. The molecule has 0 aliphatic rings. The Morgan fingerprint density at radius 3 is 0.905 bits per heavy atom. The molecule has 0 aromatic heterocycles. The highest BCUT2D eigenvalue weighted by Crippen LogP contribution is 2.16. The molecule has 0 radical (unpaired) electrons. The number of halogens is 1. The molecule has 0 aromatic carbocycles. The molecular formula is C18H42FNO. The highest BCUT2D eigenvalue weighted by molar-refractivity contribution is 4.49. The third-order valence-electron chi connectivity index (χ3n) is 3.94. The Balaban J connectivity index is -0.000000740. The molecule has 0 unspecified atom stereocenters. The summed E-state index contributed by atoms with van der Waals surface area (Å²) in [6.45, 7) is 16.9. The average molecular weight is 308 g/mol. The van der Waals surface area contributed by atoms with Crippen molar-refractivity contribution < 1.29 is 14.3 Å². The molecule has 0 saturated carbocycles. The largest absolute Gasteiger partial charge is 1.00 e. The second-order valence-electron chi connectivity index (χ2n) is 5.97. The summed E-state index contributed by atoms with van der Waals surface area (Å²) in [6, 6.07) is 0. The lowest BCUT2D eigenvalue weighted by Crippen LogP contribution is -3.00. The number of hydrogen-bond acceptors (Lipinski definition) is 1. The summed E-state index contributed by atoms with van der Waals surface area (Å²) in [4.78, 5) is 0. The maximum Gasteiger partial charge on any atom is 0.0786 e. The van der Waals surface area contributed by atoms with Crippen LogP contribution in [0.3, 0.4) is 0 Å². The van der Waals surface area contributed by atoms with Crippen molar-refractivity contribution in [1.29, 1.82) is 0 Å². The van der Waals surface area contributed by atoms with E-state index in [9.17, 15) is 0 Å². The minimum Gasteiger partial charge on any atom is -1.00 e. The van der Waals surface area contributed by atoms with Gasteiger partial charge >= 0.3 is 0 Å². The molecule has 0 amide bonds. The number of aliphatic hydroxyl groups excluding tert-OH is 1. The lowest BCUT2D eigenvalue weighted by Gasteiger charge is -2.39. The van der Waals surface area contributed by atoms with Crippen LogP contribution in [0.1, 0.15) is 86.0 Å². The summed E-state index contributed by atoms with van der Waals surface area (Å²) in [5, 5.41) is 7.57. The van der Waals surface area contributed by atoms with Crippen LogP contribution in [0.2, 0.25) is 0 Å². The van der Waals surface area contributed by atoms with E-state index < -0.39 is 0 Å². The van der Waals surface area contributed by atoms with Crippen LogP contribution in [0, 0.1) is 0 Å². The van der Waals surface area contributed by atoms with Gasteiger partial charge in [-0.2, -0.15) is 0 Å². The number of nitrogens with zero attached hydrogens (tertiary/aromatic N) is 1. The zero-order valence-corrected chi connectivity index (χ0v) is 15.5. The van der Waals surface area contributed by atoms with E-state index in [4.69, 9.17) is 5.11 Å². The zero-order chi connectivity index (χ0) is 15.7. The number of quaternary nitrogens is 1. The molecule has 132 valence electrons. The molecule has 3 heteroatoms. The predicted molar refractivity (Wildman–Crippen MR) is 92.1 cm³/mol. The lowest BCUT2D eigenvalue weighted by atomic mass is 10.1. The monoisotopic (exact) mass is 307 g/mol. The first-order valence-electron chi connectivity index (χ1n) is 9.12. The van der Waals surface area contributed by atoms with Crippen LogP contribution >= 0.6 is 0 Å². The number of rotatable bonds is 12. The molecule has 1 N–H and O–H groups in total. The third-order valence-corrected chi connectivity index (χ3v) is 3.94. The van der Waals surface area contributed by atoms with Gasteiger partial charge in [-0.3, -0.25) is 0 Å². The van der Waals surface area contributed by atoms with E-state index in [0.717, 1.165) is 0 Å². The normalized spacial score (nSPS) is 10.6. The van der Waals surface area contributed by atoms with E-state index in [2.05, 4.69) is 27.7 Å². The Morgan fingerprint density at radius 1 is 0.571 bits per heavy atom. The van der Waals surface area contributed by atoms with E-state index in [1.165, 1.54) is 82.0 Å². The van der Waals surface area contributed by atoms with E-state index in [-0.39, 0.29) is 11.3 Å². The van der Waals surface area contributed by atoms with Crippen LogP contribution in [0.5, 0.6) is 0 Å². The van der Waals surface area contributed by atoms with Gasteiger partial charge < -0.3 is 14.3 Å². The van der Waals surface area contributed by atoms with Crippen LogP contribution < -0.4 is 4.70 Å². The summed E-state index contributed by atoms with van der Waals surface area (Å²) in [5.74, 6) is 0. The van der Waals surface area contributed by atoms with E-state index in [1.54, 1.807) is 6.92 Å². The van der Waals surface area contributed by atoms with E-state index in [0.29, 0.717) is 0 Å². The van der Waals surface area contributed by atoms with Crippen LogP contribution in [-0.4, -0.2) is 42.4 Å². The van der Waals surface area contributed by atoms with Crippen molar-refractivity contribution in [2.24, 2.45) is 0 Å². The van der Waals surface area contributed by atoms with Crippen LogP contribution in [-0.2, 0) is 0 Å². The maximum atomic E-state index is 7.57. The molecule has 0 heterocycles. The molecule has 0 rings (SSSR count). The molecule has 0 aromatic rings. The molecule has 2 nitrogen and oxygen atoms in total. The van der Waals surface area contributed by atoms with Gasteiger partial charge in [-0.1, -0.05) is 53.4 Å². The topological polar surface area (TPSA) is 20.2 Å². The quantitative estimate of drug-likeness (QED) is 0.547. The van der Waals surface area contributed by atoms with Crippen LogP contribution in [0.15, 0.2) is 0 Å². The first-order valence-corrected chi connectivity index (χ1v) is 9.12. The molecule has 0 fully saturated rings. The van der Waals surface area contributed by atoms with Crippen LogP contribution in [0.4, 0.5) is 0 Å². The van der Waals surface area contributed by atoms with Gasteiger partial charge in [0, 0.05) is 6.61 Å². The summed E-state index contributed by atoms with van der Waals surface area (Å²) in [5.41, 5.74) is 0. The van der Waals surface area contributed by atoms with Crippen molar-refractivity contribution >= 4 is 0 Å². The van der Waals surface area contributed by atoms with Crippen LogP contribution in [0.25, 0.3) is 0 Å². The van der Waals surface area contributed by atoms with Crippen molar-refractivity contribution in [3.05, 3.63) is 0 Å². The molecule has 0 bridgehead atoms. The number of hydrogen-bond donors (Lipinski definition) is 1. The predicted octanol–water partition coefficient (Wildman–Crippen LogP) is 2.01. The molecule has 0 aliphatic carbocycles. The fourth-order valence-electron chi connectivity index (χ4n) is 2.64. The Kier molecular flexibility index (Phi) is 24.4. The van der Waals surface area contributed by atoms with Gasteiger partial charge in [0.2, 0.25) is 0 Å². The van der Waals surface area contributed by atoms with Gasteiger partial charge in [0.05, 0.1) is 26.2 Å². The Bertz CT molecular complexity index is 139. The fraction of sp³-hybridized carbons (Fsp3) is 1.00. The minimum atomic E-state index is 0. The van der Waals surface area contributed by atoms with Crippen molar-refractivity contribution in [2.75, 3.05) is 32.8 Å². The first-order chi connectivity index (χ1) is 9.66. The molecular weight excluding hydrogens is 265 g/mol. The Morgan fingerprint density at radius 2 is 0.762 bits per heavy atom. The Hall–Kier alpha value is -0.150. The first kappa shape index (κ1) is 25.8. The van der Waals surface area contributed by atoms with Gasteiger partial charge in [0.15, 0.2) is 0 Å². The van der Waals surface area contributed by atoms with Gasteiger partial charge in [0.1, 0.15) is 0 Å². The highest BCUT2D eigenvalue weighted by Gasteiger charge is 2.24. The van der Waals surface area contributed by atoms with Crippen molar-refractivity contribution in [3.63, 3.8) is 0 Å². The van der Waals surface area contributed by atoms with Gasteiger partial charge in [-0.15, -0.1) is 0 Å². The summed E-state index contributed by atoms with van der Waals surface area (Å²) < 4.78 is 1.42. The number of aliphatic hydroxyl groups is 1. The Labute approximate surface area is 133 Å². The SMILES string of the molecule is CCCC[N+](CCCC)(CCCC)CCCC.CCO.[F-]. The maximum absolute atomic E-state index is 7.57. The van der Waals surface area contributed by atoms with E-state index >= 15 is 0 Å². The average Bonchev–Trinajstić information content (AvgIpc) is 2.46. The van der Waals surface area contributed by atoms with Crippen molar-refractivity contribution in [1.82, 2.24) is 0 Å². The van der Waals surface area contributed by atoms with Gasteiger partial charge in [-0.05, 0) is 32.6 Å². The summed E-state index contributed by atoms with van der Waals surface area (Å²) in [7, 11) is 0. The number of unbranched alkanes of at least 4 members (excludes halogenated alkanes) is 4. The summed E-state index contributed by atoms with van der Waals surface area (Å²) in [6.07, 6.45) is 11.1. The zero-order valence-electron chi connectivity index (χ0n) is 15.5. The van der Waals surface area contributed by atoms with Crippen molar-refractivity contribution in [3.8, 4) is 0 Å². The molecule has 0 atom stereocenters. The van der Waals surface area contributed by atoms with Gasteiger partial charge in [0.25, 0.3) is 0 Å². The smallest absolute Gasteiger partial charge is 0.0786 e. The third kappa shape index (κ3) is 16.1. The standard InChI is InChI=1S/C16H36N.C2H6O.FH/c1-5-9-13-17(14-10-6-2,15-11-7-3)16-12-8-4;1-2-3;/h5-16H2,1-4H3;3H,2H2,1H3;1H/q+1;;/p-1. The minimum absolute atomic E-state index is 0. The molecule has 0 spiro atoms. The highest BCUT2D eigenvalue weighted by atomic mass is 19.0. The summed E-state index contributed by atoms with van der Waals surface area (Å²) >= 11 is 0. The molecule has 0 saturated heterocycles. The molecule has 0 aliphatic heterocycles. The fourth-order valence-corrected chi connectivity index (χ4v) is 2.64.